The molecule has 1 aliphatic rings. The van der Waals surface area contributed by atoms with E-state index in [1.54, 1.807) is 0 Å². The van der Waals surface area contributed by atoms with Gasteiger partial charge in [0.05, 0.1) is 29.7 Å². The van der Waals surface area contributed by atoms with Gasteiger partial charge in [0.25, 0.3) is 0 Å². The molecule has 2 aromatic carbocycles. The number of amides is 2. The minimum Gasteiger partial charge on any atom is -0.382 e. The maximum Gasteiger partial charge on any atom is 0.318 e. The smallest absolute Gasteiger partial charge is 0.318 e. The Kier molecular flexibility index (Phi) is 6.68. The Hall–Kier alpha value is -3.84. The molecule has 0 bridgehead atoms. The molecule has 0 spiro atoms. The van der Waals surface area contributed by atoms with Crippen LogP contribution < -0.4 is 5.32 Å². The van der Waals surface area contributed by atoms with Crippen LogP contribution in [-0.4, -0.2) is 45.0 Å². The number of rotatable bonds is 7. The molecule has 1 N–H and O–H groups in total. The molecule has 0 aliphatic carbocycles. The Morgan fingerprint density at radius 1 is 1.06 bits per heavy atom. The highest BCUT2D eigenvalue weighted by Crippen LogP contribution is 2.38. The molecule has 4 aromatic rings. The van der Waals surface area contributed by atoms with Crippen LogP contribution in [-0.2, 0) is 11.3 Å². The third kappa shape index (κ3) is 4.47. The first-order valence-electron chi connectivity index (χ1n) is 12.2. The summed E-state index contributed by atoms with van der Waals surface area (Å²) in [6, 6.07) is 24.2. The van der Waals surface area contributed by atoms with Crippen molar-refractivity contribution in [3.63, 3.8) is 0 Å². The number of carbonyl (C=O) groups is 1. The summed E-state index contributed by atoms with van der Waals surface area (Å²) < 4.78 is 9.60. The molecule has 180 valence electrons. The molecule has 5 rings (SSSR count). The van der Waals surface area contributed by atoms with Crippen molar-refractivity contribution in [2.24, 2.45) is 0 Å². The lowest BCUT2D eigenvalue weighted by Gasteiger charge is -2.31. The van der Waals surface area contributed by atoms with Gasteiger partial charge in [0.2, 0.25) is 0 Å². The number of fused-ring (bicyclic) bond motifs is 3. The van der Waals surface area contributed by atoms with E-state index in [0.717, 1.165) is 40.4 Å². The largest absolute Gasteiger partial charge is 0.382 e. The number of ether oxygens (including phenoxy) is 1. The molecular formula is C28H31N5O2. The number of nitrogens with zero attached hydrogens (tertiary/aromatic N) is 4. The van der Waals surface area contributed by atoms with Crippen molar-refractivity contribution >= 4 is 6.03 Å². The standard InChI is InChI=1S/C28H31N5O2/c1-3-35-19-11-17-29-28(34)32-20-24-21(2)30-33(23-14-8-5-9-15-23)27(24)31-18-10-16-25(31)26(32)22-12-6-4-7-13-22/h4-10,12-16,18,26H,3,11,17,19-20H2,1-2H3,(H,29,34)/t26-/m1/s1. The minimum absolute atomic E-state index is 0.0946. The number of hydrogen-bond acceptors (Lipinski definition) is 3. The van der Waals surface area contributed by atoms with Crippen LogP contribution in [0.2, 0.25) is 0 Å². The fourth-order valence-electron chi connectivity index (χ4n) is 4.75. The van der Waals surface area contributed by atoms with Crippen molar-refractivity contribution in [2.75, 3.05) is 19.8 Å². The van der Waals surface area contributed by atoms with Crippen molar-refractivity contribution < 1.29 is 9.53 Å². The summed E-state index contributed by atoms with van der Waals surface area (Å²) in [5.41, 5.74) is 5.03. The van der Waals surface area contributed by atoms with Gasteiger partial charge in [0, 0.05) is 31.5 Å². The summed E-state index contributed by atoms with van der Waals surface area (Å²) >= 11 is 0. The monoisotopic (exact) mass is 469 g/mol. The zero-order valence-electron chi connectivity index (χ0n) is 20.2. The molecule has 0 saturated heterocycles. The fraction of sp³-hybridized carbons (Fsp3) is 0.286. The molecule has 2 aromatic heterocycles. The third-order valence-corrected chi connectivity index (χ3v) is 6.41. The van der Waals surface area contributed by atoms with E-state index in [1.807, 2.05) is 65.9 Å². The molecule has 0 unspecified atom stereocenters. The van der Waals surface area contributed by atoms with Gasteiger partial charge in [-0.2, -0.15) is 5.10 Å². The van der Waals surface area contributed by atoms with E-state index in [1.165, 1.54) is 0 Å². The summed E-state index contributed by atoms with van der Waals surface area (Å²) in [6.07, 6.45) is 2.84. The lowest BCUT2D eigenvalue weighted by atomic mass is 10.0. The molecule has 7 nitrogen and oxygen atoms in total. The SMILES string of the molecule is CCOCCCNC(=O)N1Cc2c(C)nn(-c3ccccc3)c2-n2cccc2[C@H]1c1ccccc1. The zero-order chi connectivity index (χ0) is 24.2. The first-order chi connectivity index (χ1) is 17.2. The van der Waals surface area contributed by atoms with Gasteiger partial charge >= 0.3 is 6.03 Å². The van der Waals surface area contributed by atoms with Crippen LogP contribution in [0.1, 0.15) is 41.9 Å². The Labute approximate surface area is 205 Å². The molecule has 1 aliphatic heterocycles. The van der Waals surface area contributed by atoms with Crippen LogP contribution in [0.5, 0.6) is 0 Å². The quantitative estimate of drug-likeness (QED) is 0.387. The molecule has 3 heterocycles. The fourth-order valence-corrected chi connectivity index (χ4v) is 4.75. The van der Waals surface area contributed by atoms with Gasteiger partial charge in [-0.15, -0.1) is 0 Å². The molecule has 0 fully saturated rings. The third-order valence-electron chi connectivity index (χ3n) is 6.41. The van der Waals surface area contributed by atoms with Crippen molar-refractivity contribution in [1.82, 2.24) is 24.6 Å². The maximum absolute atomic E-state index is 13.6. The van der Waals surface area contributed by atoms with Gasteiger partial charge in [-0.05, 0) is 50.1 Å². The van der Waals surface area contributed by atoms with Crippen LogP contribution in [0, 0.1) is 6.92 Å². The Balaban J connectivity index is 1.60. The topological polar surface area (TPSA) is 64.3 Å². The van der Waals surface area contributed by atoms with Crippen LogP contribution in [0.4, 0.5) is 4.79 Å². The van der Waals surface area contributed by atoms with Gasteiger partial charge in [-0.1, -0.05) is 48.5 Å². The van der Waals surface area contributed by atoms with Crippen molar-refractivity contribution in [1.29, 1.82) is 0 Å². The van der Waals surface area contributed by atoms with Gasteiger partial charge in [-0.3, -0.25) is 0 Å². The zero-order valence-corrected chi connectivity index (χ0v) is 20.2. The van der Waals surface area contributed by atoms with E-state index in [2.05, 4.69) is 46.4 Å². The molecule has 35 heavy (non-hydrogen) atoms. The summed E-state index contributed by atoms with van der Waals surface area (Å²) in [5.74, 6) is 0.973. The number of para-hydroxylation sites is 1. The van der Waals surface area contributed by atoms with E-state index < -0.39 is 0 Å². The highest BCUT2D eigenvalue weighted by Gasteiger charge is 2.35. The van der Waals surface area contributed by atoms with E-state index >= 15 is 0 Å². The number of benzene rings is 2. The minimum atomic E-state index is -0.242. The first kappa shape index (κ1) is 22.9. The lowest BCUT2D eigenvalue weighted by molar-refractivity contribution is 0.143. The molecule has 0 radical (unpaired) electrons. The summed E-state index contributed by atoms with van der Waals surface area (Å²) in [7, 11) is 0. The van der Waals surface area contributed by atoms with E-state index in [9.17, 15) is 4.79 Å². The Morgan fingerprint density at radius 2 is 1.80 bits per heavy atom. The lowest BCUT2D eigenvalue weighted by Crippen LogP contribution is -2.42. The normalized spacial score (nSPS) is 14.8. The first-order valence-corrected chi connectivity index (χ1v) is 12.2. The van der Waals surface area contributed by atoms with Gasteiger partial charge in [0.1, 0.15) is 5.82 Å². The molecular weight excluding hydrogens is 438 g/mol. The number of nitrogens with one attached hydrogen (secondary N) is 1. The van der Waals surface area contributed by atoms with E-state index in [0.29, 0.717) is 26.3 Å². The summed E-state index contributed by atoms with van der Waals surface area (Å²) in [4.78, 5) is 15.6. The number of carbonyl (C=O) groups excluding carboxylic acids is 1. The van der Waals surface area contributed by atoms with Crippen LogP contribution >= 0.6 is 0 Å². The predicted molar refractivity (Wildman–Crippen MR) is 136 cm³/mol. The second-order valence-electron chi connectivity index (χ2n) is 8.66. The average Bonchev–Trinajstić information content (AvgIpc) is 3.45. The number of hydrogen-bond donors (Lipinski definition) is 1. The molecule has 1 atom stereocenters. The Morgan fingerprint density at radius 3 is 2.54 bits per heavy atom. The number of urea groups is 1. The average molecular weight is 470 g/mol. The van der Waals surface area contributed by atoms with E-state index in [-0.39, 0.29) is 12.1 Å². The van der Waals surface area contributed by atoms with E-state index in [4.69, 9.17) is 9.84 Å². The maximum atomic E-state index is 13.6. The van der Waals surface area contributed by atoms with Crippen LogP contribution in [0.3, 0.4) is 0 Å². The number of aromatic nitrogens is 3. The Bertz CT molecular complexity index is 1280. The van der Waals surface area contributed by atoms with Crippen LogP contribution in [0.25, 0.3) is 11.5 Å². The van der Waals surface area contributed by atoms with Crippen molar-refractivity contribution in [3.8, 4) is 11.5 Å². The summed E-state index contributed by atoms with van der Waals surface area (Å²) in [5, 5.41) is 8.01. The second kappa shape index (κ2) is 10.2. The van der Waals surface area contributed by atoms with Crippen molar-refractivity contribution in [2.45, 2.75) is 32.9 Å². The number of aryl methyl sites for hydroxylation is 1. The predicted octanol–water partition coefficient (Wildman–Crippen LogP) is 5.01. The highest BCUT2D eigenvalue weighted by atomic mass is 16.5. The van der Waals surface area contributed by atoms with Gasteiger partial charge < -0.3 is 19.5 Å². The summed E-state index contributed by atoms with van der Waals surface area (Å²) in [6.45, 7) is 6.32. The molecule has 0 saturated carbocycles. The second-order valence-corrected chi connectivity index (χ2v) is 8.66. The highest BCUT2D eigenvalue weighted by molar-refractivity contribution is 5.76. The van der Waals surface area contributed by atoms with Crippen molar-refractivity contribution in [3.05, 3.63) is 102 Å². The van der Waals surface area contributed by atoms with Crippen LogP contribution in [0.15, 0.2) is 79.0 Å². The van der Waals surface area contributed by atoms with Gasteiger partial charge in [-0.25, -0.2) is 9.48 Å². The molecule has 2 amide bonds. The molecule has 7 heteroatoms. The van der Waals surface area contributed by atoms with Gasteiger partial charge in [0.15, 0.2) is 0 Å².